The highest BCUT2D eigenvalue weighted by molar-refractivity contribution is 5.84. The van der Waals surface area contributed by atoms with E-state index < -0.39 is 0 Å². The molecule has 1 saturated carbocycles. The van der Waals surface area contributed by atoms with Crippen LogP contribution in [-0.2, 0) is 14.3 Å². The summed E-state index contributed by atoms with van der Waals surface area (Å²) in [4.78, 5) is 25.0. The highest BCUT2D eigenvalue weighted by Crippen LogP contribution is 2.68. The van der Waals surface area contributed by atoms with Gasteiger partial charge in [-0.15, -0.1) is 0 Å². The normalized spacial score (nSPS) is 20.3. The van der Waals surface area contributed by atoms with Crippen molar-refractivity contribution >= 4 is 11.9 Å². The third-order valence-corrected chi connectivity index (χ3v) is 4.75. The molecule has 4 heteroatoms. The smallest absolute Gasteiger partial charge is 0.305 e. The molecule has 0 atom stereocenters. The molecule has 0 aromatic carbocycles. The number of ether oxygens (including phenoxy) is 1. The molecule has 1 amide bonds. The number of esters is 1. The average molecular weight is 255 g/mol. The minimum absolute atomic E-state index is 0.0701. The first-order valence-corrected chi connectivity index (χ1v) is 6.48. The van der Waals surface area contributed by atoms with Crippen molar-refractivity contribution < 1.29 is 14.3 Å². The maximum absolute atomic E-state index is 12.3. The number of hydrogen-bond acceptors (Lipinski definition) is 3. The largest absolute Gasteiger partial charge is 0.469 e. The first-order valence-electron chi connectivity index (χ1n) is 6.48. The molecular weight excluding hydrogens is 230 g/mol. The van der Waals surface area contributed by atoms with Gasteiger partial charge in [-0.3, -0.25) is 9.59 Å². The molecule has 0 heterocycles. The minimum Gasteiger partial charge on any atom is -0.469 e. The Balaban J connectivity index is 2.42. The summed E-state index contributed by atoms with van der Waals surface area (Å²) in [5.74, 6) is 0.0610. The van der Waals surface area contributed by atoms with Crippen LogP contribution in [0.1, 0.15) is 40.5 Å². The van der Waals surface area contributed by atoms with Crippen LogP contribution >= 0.6 is 0 Å². The van der Waals surface area contributed by atoms with Gasteiger partial charge in [-0.05, 0) is 17.3 Å². The first-order chi connectivity index (χ1) is 8.16. The van der Waals surface area contributed by atoms with E-state index in [0.717, 1.165) is 0 Å². The van der Waals surface area contributed by atoms with Crippen molar-refractivity contribution in [2.45, 2.75) is 40.5 Å². The van der Waals surface area contributed by atoms with Gasteiger partial charge in [-0.1, -0.05) is 27.7 Å². The zero-order chi connectivity index (χ0) is 14.1. The molecule has 0 aliphatic heterocycles. The molecule has 1 aliphatic rings. The second-order valence-corrected chi connectivity index (χ2v) is 6.32. The lowest BCUT2D eigenvalue weighted by Crippen LogP contribution is -2.31. The van der Waals surface area contributed by atoms with Crippen molar-refractivity contribution in [3.8, 4) is 0 Å². The van der Waals surface area contributed by atoms with Crippen molar-refractivity contribution in [1.82, 2.24) is 4.90 Å². The van der Waals surface area contributed by atoms with Crippen molar-refractivity contribution in [3.63, 3.8) is 0 Å². The second kappa shape index (κ2) is 4.90. The topological polar surface area (TPSA) is 46.6 Å². The van der Waals surface area contributed by atoms with Gasteiger partial charge in [0.15, 0.2) is 0 Å². The van der Waals surface area contributed by atoms with Gasteiger partial charge >= 0.3 is 5.97 Å². The lowest BCUT2D eigenvalue weighted by molar-refractivity contribution is -0.141. The van der Waals surface area contributed by atoms with Crippen molar-refractivity contribution in [2.24, 2.45) is 16.7 Å². The number of carbonyl (C=O) groups excluding carboxylic acids is 2. The van der Waals surface area contributed by atoms with E-state index in [4.69, 9.17) is 0 Å². The van der Waals surface area contributed by atoms with Crippen LogP contribution < -0.4 is 0 Å². The standard InChI is InChI=1S/C14H25NO3/c1-13(2)11(14(13,3)4)12(17)15(5)9-7-8-10(16)18-6/h11H,7-9H2,1-6H3. The Hall–Kier alpha value is -1.06. The average Bonchev–Trinajstić information content (AvgIpc) is 2.68. The maximum Gasteiger partial charge on any atom is 0.305 e. The predicted octanol–water partition coefficient (Wildman–Crippen LogP) is 2.08. The van der Waals surface area contributed by atoms with Gasteiger partial charge in [0.05, 0.1) is 7.11 Å². The molecule has 0 saturated heterocycles. The predicted molar refractivity (Wildman–Crippen MR) is 69.9 cm³/mol. The summed E-state index contributed by atoms with van der Waals surface area (Å²) in [7, 11) is 3.19. The summed E-state index contributed by atoms with van der Waals surface area (Å²) >= 11 is 0. The fraction of sp³-hybridized carbons (Fsp3) is 0.857. The van der Waals surface area contributed by atoms with Crippen LogP contribution in [0.5, 0.6) is 0 Å². The summed E-state index contributed by atoms with van der Waals surface area (Å²) in [6.07, 6.45) is 1.02. The van der Waals surface area contributed by atoms with E-state index in [0.29, 0.717) is 19.4 Å². The first kappa shape index (κ1) is 15.0. The molecule has 0 radical (unpaired) electrons. The van der Waals surface area contributed by atoms with E-state index in [2.05, 4.69) is 32.4 Å². The van der Waals surface area contributed by atoms with Crippen molar-refractivity contribution in [1.29, 1.82) is 0 Å². The molecule has 18 heavy (non-hydrogen) atoms. The van der Waals surface area contributed by atoms with E-state index in [1.54, 1.807) is 4.90 Å². The van der Waals surface area contributed by atoms with Crippen LogP contribution in [0.2, 0.25) is 0 Å². The fourth-order valence-corrected chi connectivity index (χ4v) is 2.71. The summed E-state index contributed by atoms with van der Waals surface area (Å²) in [6, 6.07) is 0. The summed E-state index contributed by atoms with van der Waals surface area (Å²) in [5.41, 5.74) is 0.140. The SMILES string of the molecule is COC(=O)CCCN(C)C(=O)C1C(C)(C)C1(C)C. The molecule has 0 unspecified atom stereocenters. The van der Waals surface area contributed by atoms with Crippen molar-refractivity contribution in [2.75, 3.05) is 20.7 Å². The molecule has 104 valence electrons. The van der Waals surface area contributed by atoms with Gasteiger partial charge < -0.3 is 9.64 Å². The van der Waals surface area contributed by atoms with E-state index in [9.17, 15) is 9.59 Å². The van der Waals surface area contributed by atoms with Gasteiger partial charge in [-0.2, -0.15) is 0 Å². The molecule has 0 spiro atoms. The quantitative estimate of drug-likeness (QED) is 0.707. The number of carbonyl (C=O) groups is 2. The molecule has 1 fully saturated rings. The number of nitrogens with zero attached hydrogens (tertiary/aromatic N) is 1. The van der Waals surface area contributed by atoms with Crippen LogP contribution in [0.15, 0.2) is 0 Å². The van der Waals surface area contributed by atoms with Gasteiger partial charge in [0, 0.05) is 25.9 Å². The van der Waals surface area contributed by atoms with Crippen LogP contribution in [0, 0.1) is 16.7 Å². The molecule has 4 nitrogen and oxygen atoms in total. The third kappa shape index (κ3) is 2.52. The monoisotopic (exact) mass is 255 g/mol. The fourth-order valence-electron chi connectivity index (χ4n) is 2.71. The molecule has 1 rings (SSSR count). The Bertz CT molecular complexity index is 333. The van der Waals surface area contributed by atoms with Crippen molar-refractivity contribution in [3.05, 3.63) is 0 Å². The molecule has 0 bridgehead atoms. The highest BCUT2D eigenvalue weighted by Gasteiger charge is 2.68. The molecule has 0 aromatic rings. The Labute approximate surface area is 110 Å². The number of rotatable bonds is 5. The second-order valence-electron chi connectivity index (χ2n) is 6.32. The van der Waals surface area contributed by atoms with E-state index in [1.807, 2.05) is 7.05 Å². The number of hydrogen-bond donors (Lipinski definition) is 0. The molecular formula is C14H25NO3. The van der Waals surface area contributed by atoms with E-state index in [1.165, 1.54) is 7.11 Å². The summed E-state index contributed by atoms with van der Waals surface area (Å²) < 4.78 is 4.58. The minimum atomic E-state index is -0.220. The van der Waals surface area contributed by atoms with E-state index in [-0.39, 0.29) is 28.6 Å². The van der Waals surface area contributed by atoms with Crippen LogP contribution in [0.25, 0.3) is 0 Å². The Morgan fingerprint density at radius 2 is 1.67 bits per heavy atom. The van der Waals surface area contributed by atoms with Crippen LogP contribution in [-0.4, -0.2) is 37.5 Å². The zero-order valence-electron chi connectivity index (χ0n) is 12.4. The molecule has 0 N–H and O–H groups in total. The highest BCUT2D eigenvalue weighted by atomic mass is 16.5. The van der Waals surface area contributed by atoms with E-state index >= 15 is 0 Å². The van der Waals surface area contributed by atoms with Crippen LogP contribution in [0.4, 0.5) is 0 Å². The summed E-state index contributed by atoms with van der Waals surface area (Å²) in [5, 5.41) is 0. The third-order valence-electron chi connectivity index (χ3n) is 4.75. The summed E-state index contributed by atoms with van der Waals surface area (Å²) in [6.45, 7) is 9.15. The Kier molecular flexibility index (Phi) is 4.08. The van der Waals surface area contributed by atoms with Gasteiger partial charge in [-0.25, -0.2) is 0 Å². The Morgan fingerprint density at radius 1 is 1.17 bits per heavy atom. The molecule has 0 aromatic heterocycles. The Morgan fingerprint density at radius 3 is 2.06 bits per heavy atom. The van der Waals surface area contributed by atoms with Gasteiger partial charge in [0.2, 0.25) is 5.91 Å². The molecule has 1 aliphatic carbocycles. The lowest BCUT2D eigenvalue weighted by Gasteiger charge is -2.18. The van der Waals surface area contributed by atoms with Crippen LogP contribution in [0.3, 0.4) is 0 Å². The number of methoxy groups -OCH3 is 1. The maximum atomic E-state index is 12.3. The number of amides is 1. The zero-order valence-corrected chi connectivity index (χ0v) is 12.4. The van der Waals surface area contributed by atoms with Gasteiger partial charge in [0.25, 0.3) is 0 Å². The van der Waals surface area contributed by atoms with Gasteiger partial charge in [0.1, 0.15) is 0 Å². The lowest BCUT2D eigenvalue weighted by atomic mass is 10.0.